The lowest BCUT2D eigenvalue weighted by Crippen LogP contribution is -2.39. The molecule has 0 saturated carbocycles. The number of ether oxygens (including phenoxy) is 3. The molecule has 2 aromatic rings. The van der Waals surface area contributed by atoms with Gasteiger partial charge in [0.2, 0.25) is 0 Å². The number of carbonyl (C=O) groups is 1. The number of nitrogen functional groups attached to an aromatic ring is 1. The largest absolute Gasteiger partial charge is 0.481 e. The highest BCUT2D eigenvalue weighted by Crippen LogP contribution is 2.60. The van der Waals surface area contributed by atoms with Crippen LogP contribution in [0.3, 0.4) is 0 Å². The first-order valence-electron chi connectivity index (χ1n) is 11.9. The van der Waals surface area contributed by atoms with Crippen LogP contribution in [0.15, 0.2) is 12.7 Å². The summed E-state index contributed by atoms with van der Waals surface area (Å²) >= 11 is 0. The van der Waals surface area contributed by atoms with Crippen molar-refractivity contribution in [3.05, 3.63) is 12.7 Å². The molecule has 0 bridgehead atoms. The maximum absolute atomic E-state index is 12.3. The number of rotatable bonds is 11. The number of aromatic nitrogens is 4. The van der Waals surface area contributed by atoms with Crippen LogP contribution in [0.4, 0.5) is 5.82 Å². The van der Waals surface area contributed by atoms with Gasteiger partial charge in [-0.05, 0) is 0 Å². The quantitative estimate of drug-likeness (QED) is 0.104. The number of phosphoric ester groups is 2. The van der Waals surface area contributed by atoms with Gasteiger partial charge in [0.05, 0.1) is 25.5 Å². The van der Waals surface area contributed by atoms with Gasteiger partial charge in [-0.3, -0.25) is 18.4 Å². The highest BCUT2D eigenvalue weighted by molar-refractivity contribution is 7.61. The summed E-state index contributed by atoms with van der Waals surface area (Å²) in [5, 5.41) is 40.9. The normalized spacial score (nSPS) is 33.2. The number of phosphoric acid groups is 2. The fourth-order valence-electron chi connectivity index (χ4n) is 3.92. The Balaban J connectivity index is 1.31. The number of imidazole rings is 1. The van der Waals surface area contributed by atoms with Crippen LogP contribution in [0, 0.1) is 5.92 Å². The lowest BCUT2D eigenvalue weighted by Gasteiger charge is -2.21. The highest BCUT2D eigenvalue weighted by Gasteiger charge is 2.48. The lowest BCUT2D eigenvalue weighted by atomic mass is 10.1. The molecule has 2 aliphatic heterocycles. The Morgan fingerprint density at radius 1 is 1.00 bits per heavy atom. The first-order valence-corrected chi connectivity index (χ1v) is 14.9. The molecule has 10 atom stereocenters. The van der Waals surface area contributed by atoms with Gasteiger partial charge in [-0.2, -0.15) is 4.31 Å². The monoisotopic (exact) mass is 629 g/mol. The molecular formula is C19H29N5O15P2. The summed E-state index contributed by atoms with van der Waals surface area (Å²) in [5.74, 6) is -1.28. The van der Waals surface area contributed by atoms with E-state index in [4.69, 9.17) is 19.9 Å². The van der Waals surface area contributed by atoms with Gasteiger partial charge in [0.15, 0.2) is 30.1 Å². The van der Waals surface area contributed by atoms with Gasteiger partial charge in [-0.1, -0.05) is 13.8 Å². The van der Waals surface area contributed by atoms with Gasteiger partial charge >= 0.3 is 21.6 Å². The summed E-state index contributed by atoms with van der Waals surface area (Å²) in [6, 6.07) is 0. The maximum atomic E-state index is 12.3. The second-order valence-electron chi connectivity index (χ2n) is 9.35. The number of nitrogens with zero attached hydrogens (tertiary/aromatic N) is 4. The molecule has 2 aliphatic rings. The van der Waals surface area contributed by atoms with E-state index in [0.29, 0.717) is 0 Å². The highest BCUT2D eigenvalue weighted by atomic mass is 31.3. The molecule has 0 spiro atoms. The number of hydrogen-bond acceptors (Lipinski definition) is 17. The minimum atomic E-state index is -5.36. The summed E-state index contributed by atoms with van der Waals surface area (Å²) in [4.78, 5) is 43.4. The number of fused-ring (bicyclic) bond motifs is 1. The summed E-state index contributed by atoms with van der Waals surface area (Å²) in [5.41, 5.74) is 6.09. The summed E-state index contributed by atoms with van der Waals surface area (Å²) < 4.78 is 54.7. The van der Waals surface area contributed by atoms with Crippen LogP contribution >= 0.6 is 15.6 Å². The number of aliphatic hydroxyl groups excluding tert-OH is 4. The van der Waals surface area contributed by atoms with Crippen molar-refractivity contribution in [1.82, 2.24) is 19.5 Å². The molecule has 4 rings (SSSR count). The van der Waals surface area contributed by atoms with Gasteiger partial charge < -0.3 is 50.2 Å². The van der Waals surface area contributed by atoms with E-state index >= 15 is 0 Å². The predicted molar refractivity (Wildman–Crippen MR) is 130 cm³/mol. The van der Waals surface area contributed by atoms with Crippen molar-refractivity contribution in [1.29, 1.82) is 0 Å². The fraction of sp³-hybridized carbons (Fsp3) is 0.684. The Labute approximate surface area is 230 Å². The minimum absolute atomic E-state index is 0.0512. The number of aliphatic hydroxyl groups is 4. The number of hydrogen-bond donors (Lipinski definition) is 7. The van der Waals surface area contributed by atoms with Gasteiger partial charge in [-0.25, -0.2) is 24.1 Å². The second kappa shape index (κ2) is 12.2. The molecule has 2 aromatic heterocycles. The van der Waals surface area contributed by atoms with E-state index in [1.807, 2.05) is 0 Å². The molecule has 0 aromatic carbocycles. The van der Waals surface area contributed by atoms with Crippen molar-refractivity contribution in [2.75, 3.05) is 18.9 Å². The molecule has 0 aliphatic carbocycles. The van der Waals surface area contributed by atoms with Crippen molar-refractivity contribution in [3.8, 4) is 0 Å². The molecule has 2 fully saturated rings. The van der Waals surface area contributed by atoms with E-state index in [0.717, 1.165) is 6.33 Å². The lowest BCUT2D eigenvalue weighted by molar-refractivity contribution is -0.176. The van der Waals surface area contributed by atoms with Crippen molar-refractivity contribution in [3.63, 3.8) is 0 Å². The van der Waals surface area contributed by atoms with Gasteiger partial charge in [0.25, 0.3) is 0 Å². The molecule has 2 saturated heterocycles. The number of carbonyl (C=O) groups excluding carboxylic acids is 1. The van der Waals surface area contributed by atoms with Crippen molar-refractivity contribution < 1.29 is 71.7 Å². The third-order valence-electron chi connectivity index (χ3n) is 6.05. The maximum Gasteiger partial charge on any atom is 0.481 e. The smallest absolute Gasteiger partial charge is 0.454 e. The molecule has 0 amide bonds. The topological polar surface area (TPSA) is 298 Å². The molecule has 4 heterocycles. The van der Waals surface area contributed by atoms with Crippen LogP contribution in [0.5, 0.6) is 0 Å². The van der Waals surface area contributed by atoms with Crippen molar-refractivity contribution in [2.24, 2.45) is 5.92 Å². The second-order valence-corrected chi connectivity index (χ2v) is 12.4. The fourth-order valence-corrected chi connectivity index (χ4v) is 6.01. The van der Waals surface area contributed by atoms with Crippen LogP contribution < -0.4 is 5.73 Å². The summed E-state index contributed by atoms with van der Waals surface area (Å²) in [6.07, 6.45) is -10.0. The van der Waals surface area contributed by atoms with Gasteiger partial charge in [0, 0.05) is 0 Å². The van der Waals surface area contributed by atoms with Crippen molar-refractivity contribution in [2.45, 2.75) is 63.0 Å². The molecule has 20 nitrogen and oxygen atoms in total. The third-order valence-corrected chi connectivity index (χ3v) is 8.65. The Morgan fingerprint density at radius 3 is 2.22 bits per heavy atom. The number of anilines is 1. The predicted octanol–water partition coefficient (Wildman–Crippen LogP) is -2.08. The SMILES string of the molecule is CC(C)C(=O)O[C@@H]1C(O)O[C@@H](COP(=O)(O)OP(=O)(O)OC[C@H]2O[C@@H](n3cnc4c(N)ncnc43)[C@H](O)[C@@H]2O)[C@@H]1O. The first kappa shape index (κ1) is 31.8. The molecule has 22 heteroatoms. The van der Waals surface area contributed by atoms with E-state index in [1.54, 1.807) is 0 Å². The summed E-state index contributed by atoms with van der Waals surface area (Å²) in [7, 11) is -10.7. The molecule has 230 valence electrons. The van der Waals surface area contributed by atoms with E-state index in [9.17, 15) is 44.1 Å². The van der Waals surface area contributed by atoms with E-state index in [1.165, 1.54) is 24.7 Å². The molecule has 0 radical (unpaired) electrons. The molecule has 8 N–H and O–H groups in total. The van der Waals surface area contributed by atoms with Crippen LogP contribution in [0.2, 0.25) is 0 Å². The van der Waals surface area contributed by atoms with E-state index < -0.39 is 89.9 Å². The first-order chi connectivity index (χ1) is 19.1. The zero-order valence-corrected chi connectivity index (χ0v) is 23.2. The average Bonchev–Trinajstić information content (AvgIpc) is 3.52. The Hall–Kier alpha value is -2.16. The summed E-state index contributed by atoms with van der Waals surface area (Å²) in [6.45, 7) is 1.19. The van der Waals surface area contributed by atoms with Gasteiger partial charge in [-0.15, -0.1) is 0 Å². The number of nitrogens with two attached hydrogens (primary N) is 1. The molecular weight excluding hydrogens is 600 g/mol. The molecule has 41 heavy (non-hydrogen) atoms. The third kappa shape index (κ3) is 7.08. The van der Waals surface area contributed by atoms with Crippen LogP contribution in [-0.4, -0.2) is 112 Å². The standard InChI is InChI=1S/C19H29N5O15P2/c1-7(2)18(28)38-14-12(26)9(37-19(14)29)4-35-41(32,33)39-40(30,31)34-3-8-11(25)13(27)17(36-8)24-6-23-10-15(20)21-5-22-16(10)24/h5-9,11-14,17,19,25-27,29H,3-4H2,1-2H3,(H,30,31)(H,32,33)(H2,20,21,22)/t8-,9+,11-,12+,13-,14+,17-,19?/m1/s1. The number of esters is 1. The van der Waals surface area contributed by atoms with E-state index in [2.05, 4.69) is 28.3 Å². The Bertz CT molecular complexity index is 1350. The van der Waals surface area contributed by atoms with Crippen LogP contribution in [0.25, 0.3) is 11.2 Å². The van der Waals surface area contributed by atoms with Crippen LogP contribution in [-0.2, 0) is 41.5 Å². The zero-order chi connectivity index (χ0) is 30.3. The molecule has 3 unspecified atom stereocenters. The average molecular weight is 629 g/mol. The van der Waals surface area contributed by atoms with Gasteiger partial charge in [0.1, 0.15) is 42.4 Å². The zero-order valence-electron chi connectivity index (χ0n) is 21.4. The minimum Gasteiger partial charge on any atom is -0.454 e. The van der Waals surface area contributed by atoms with Crippen LogP contribution in [0.1, 0.15) is 20.1 Å². The Morgan fingerprint density at radius 2 is 1.61 bits per heavy atom. The van der Waals surface area contributed by atoms with Crippen molar-refractivity contribution >= 4 is 38.6 Å². The Kier molecular flexibility index (Phi) is 9.46. The van der Waals surface area contributed by atoms with E-state index in [-0.39, 0.29) is 17.0 Å².